The lowest BCUT2D eigenvalue weighted by molar-refractivity contribution is -0.132. The number of fused-ring (bicyclic) bond motifs is 1. The number of carbonyl (C=O) groups excluding carboxylic acids is 2. The summed E-state index contributed by atoms with van der Waals surface area (Å²) in [4.78, 5) is 33.6. The smallest absolute Gasteiger partial charge is 0.223 e. The van der Waals surface area contributed by atoms with Gasteiger partial charge in [-0.1, -0.05) is 12.1 Å². The number of hydrogen-bond donors (Lipinski definition) is 0. The Bertz CT molecular complexity index is 1210. The molecule has 8 nitrogen and oxygen atoms in total. The van der Waals surface area contributed by atoms with Gasteiger partial charge in [0.2, 0.25) is 5.91 Å². The molecule has 8 heteroatoms. The number of amides is 1. The number of carbonyl (C=O) groups is 2. The van der Waals surface area contributed by atoms with Crippen LogP contribution in [0.2, 0.25) is 0 Å². The number of nitrogens with zero attached hydrogens (tertiary/aromatic N) is 6. The Balaban J connectivity index is 1.37. The van der Waals surface area contributed by atoms with Crippen molar-refractivity contribution in [2.45, 2.75) is 19.3 Å². The molecular formula is C27H28N6O2. The van der Waals surface area contributed by atoms with E-state index < -0.39 is 0 Å². The summed E-state index contributed by atoms with van der Waals surface area (Å²) in [6.07, 6.45) is 0.897. The third kappa shape index (κ3) is 4.83. The summed E-state index contributed by atoms with van der Waals surface area (Å²) in [5, 5.41) is 18.8. The van der Waals surface area contributed by atoms with E-state index in [0.29, 0.717) is 31.0 Å². The zero-order valence-corrected chi connectivity index (χ0v) is 20.1. The molecule has 0 aromatic heterocycles. The largest absolute Gasteiger partial charge is 0.370 e. The minimum atomic E-state index is -0.323. The lowest BCUT2D eigenvalue weighted by atomic mass is 10.1. The fourth-order valence-corrected chi connectivity index (χ4v) is 4.73. The standard InChI is InChI=1S/C27H28N6O2/c1-30-23-6-3-4-7-24(23)31(2)27(30)22(19-29)25(34)12-13-26(35)33-15-5-14-32(16-17-33)21-10-8-20(18-28)9-11-21/h3-4,6-11H,5,12-17H2,1-2H3. The van der Waals surface area contributed by atoms with Gasteiger partial charge in [0.05, 0.1) is 23.0 Å². The number of benzene rings is 2. The molecule has 0 unspecified atom stereocenters. The van der Waals surface area contributed by atoms with Crippen LogP contribution in [0.25, 0.3) is 0 Å². The van der Waals surface area contributed by atoms with E-state index in [1.165, 1.54) is 0 Å². The summed E-state index contributed by atoms with van der Waals surface area (Å²) >= 11 is 0. The van der Waals surface area contributed by atoms with E-state index in [1.54, 1.807) is 17.0 Å². The maximum absolute atomic E-state index is 13.0. The third-order valence-corrected chi connectivity index (χ3v) is 6.63. The van der Waals surface area contributed by atoms with E-state index in [9.17, 15) is 14.9 Å². The van der Waals surface area contributed by atoms with Gasteiger partial charge in [-0.2, -0.15) is 10.5 Å². The molecule has 2 aliphatic heterocycles. The van der Waals surface area contributed by atoms with Crippen LogP contribution in [0, 0.1) is 22.7 Å². The van der Waals surface area contributed by atoms with Gasteiger partial charge in [-0.05, 0) is 42.8 Å². The SMILES string of the molecule is CN1C(=C(C#N)C(=O)CCC(=O)N2CCCN(c3ccc(C#N)cc3)CC2)N(C)c2ccccc21. The van der Waals surface area contributed by atoms with Gasteiger partial charge in [-0.25, -0.2) is 0 Å². The van der Waals surface area contributed by atoms with Crippen molar-refractivity contribution in [2.75, 3.05) is 55.0 Å². The fraction of sp³-hybridized carbons (Fsp3) is 0.333. The van der Waals surface area contributed by atoms with Gasteiger partial charge in [0.25, 0.3) is 0 Å². The Morgan fingerprint density at radius 2 is 1.51 bits per heavy atom. The van der Waals surface area contributed by atoms with Gasteiger partial charge in [-0.15, -0.1) is 0 Å². The van der Waals surface area contributed by atoms with Crippen LogP contribution in [0.5, 0.6) is 0 Å². The van der Waals surface area contributed by atoms with Crippen molar-refractivity contribution < 1.29 is 9.59 Å². The average molecular weight is 469 g/mol. The number of allylic oxidation sites excluding steroid dienone is 1. The maximum atomic E-state index is 13.0. The van der Waals surface area contributed by atoms with Crippen molar-refractivity contribution >= 4 is 28.8 Å². The molecule has 2 aliphatic rings. The predicted molar refractivity (Wildman–Crippen MR) is 135 cm³/mol. The van der Waals surface area contributed by atoms with Gasteiger partial charge in [0.15, 0.2) is 5.78 Å². The normalized spacial score (nSPS) is 15.3. The zero-order valence-electron chi connectivity index (χ0n) is 20.1. The van der Waals surface area contributed by atoms with Gasteiger partial charge in [0.1, 0.15) is 17.5 Å². The van der Waals surface area contributed by atoms with E-state index in [4.69, 9.17) is 5.26 Å². The van der Waals surface area contributed by atoms with Crippen LogP contribution in [-0.4, -0.2) is 56.9 Å². The van der Waals surface area contributed by atoms with Crippen molar-refractivity contribution in [3.8, 4) is 12.1 Å². The summed E-state index contributed by atoms with van der Waals surface area (Å²) in [5.74, 6) is 0.147. The molecule has 0 saturated carbocycles. The third-order valence-electron chi connectivity index (χ3n) is 6.63. The van der Waals surface area contributed by atoms with Crippen LogP contribution in [0.3, 0.4) is 0 Å². The molecule has 0 N–H and O–H groups in total. The Morgan fingerprint density at radius 3 is 2.11 bits per heavy atom. The molecule has 2 aromatic rings. The van der Waals surface area contributed by atoms with Crippen molar-refractivity contribution in [1.29, 1.82) is 10.5 Å². The molecule has 1 fully saturated rings. The summed E-state index contributed by atoms with van der Waals surface area (Å²) in [7, 11) is 3.68. The first kappa shape index (κ1) is 23.8. The van der Waals surface area contributed by atoms with E-state index in [2.05, 4.69) is 17.0 Å². The topological polar surface area (TPSA) is 94.7 Å². The lowest BCUT2D eigenvalue weighted by Crippen LogP contribution is -2.35. The van der Waals surface area contributed by atoms with Crippen molar-refractivity contribution in [3.63, 3.8) is 0 Å². The molecule has 2 aromatic carbocycles. The number of hydrogen-bond acceptors (Lipinski definition) is 7. The summed E-state index contributed by atoms with van der Waals surface area (Å²) in [5.41, 5.74) is 3.58. The van der Waals surface area contributed by atoms with Crippen LogP contribution in [0.15, 0.2) is 59.9 Å². The monoisotopic (exact) mass is 468 g/mol. The fourth-order valence-electron chi connectivity index (χ4n) is 4.73. The minimum absolute atomic E-state index is 0.000905. The average Bonchev–Trinajstić information content (AvgIpc) is 3.04. The van der Waals surface area contributed by atoms with Gasteiger partial charge in [-0.3, -0.25) is 9.59 Å². The molecule has 0 aliphatic carbocycles. The molecule has 1 amide bonds. The highest BCUT2D eigenvalue weighted by Crippen LogP contribution is 2.40. The highest BCUT2D eigenvalue weighted by Gasteiger charge is 2.31. The van der Waals surface area contributed by atoms with E-state index in [1.807, 2.05) is 60.3 Å². The molecule has 0 spiro atoms. The first-order chi connectivity index (χ1) is 16.9. The summed E-state index contributed by atoms with van der Waals surface area (Å²) in [6, 6.07) is 19.4. The van der Waals surface area contributed by atoms with Crippen LogP contribution in [-0.2, 0) is 9.59 Å². The maximum Gasteiger partial charge on any atom is 0.223 e. The molecule has 0 radical (unpaired) electrons. The Labute approximate surface area is 205 Å². The van der Waals surface area contributed by atoms with Crippen molar-refractivity contribution in [1.82, 2.24) is 4.90 Å². The molecule has 35 heavy (non-hydrogen) atoms. The second-order valence-corrected chi connectivity index (χ2v) is 8.72. The molecule has 0 atom stereocenters. The first-order valence-electron chi connectivity index (χ1n) is 11.7. The highest BCUT2D eigenvalue weighted by atomic mass is 16.2. The van der Waals surface area contributed by atoms with Crippen LogP contribution < -0.4 is 14.7 Å². The summed E-state index contributed by atoms with van der Waals surface area (Å²) < 4.78 is 0. The second-order valence-electron chi connectivity index (χ2n) is 8.72. The van der Waals surface area contributed by atoms with Gasteiger partial charge >= 0.3 is 0 Å². The molecular weight excluding hydrogens is 440 g/mol. The quantitative estimate of drug-likeness (QED) is 0.491. The van der Waals surface area contributed by atoms with E-state index in [-0.39, 0.29) is 30.1 Å². The van der Waals surface area contributed by atoms with E-state index in [0.717, 1.165) is 30.0 Å². The zero-order chi connectivity index (χ0) is 24.9. The predicted octanol–water partition coefficient (Wildman–Crippen LogP) is 3.27. The number of ketones is 1. The number of nitriles is 2. The Hall–Kier alpha value is -4.30. The number of anilines is 3. The Morgan fingerprint density at radius 1 is 0.857 bits per heavy atom. The van der Waals surface area contributed by atoms with Crippen LogP contribution in [0.1, 0.15) is 24.8 Å². The lowest BCUT2D eigenvalue weighted by Gasteiger charge is -2.24. The van der Waals surface area contributed by atoms with Gasteiger partial charge < -0.3 is 19.6 Å². The second kappa shape index (κ2) is 10.3. The number of Topliss-reactive ketones (excluding diaryl/α,β-unsaturated/α-hetero) is 1. The van der Waals surface area contributed by atoms with Gasteiger partial charge in [0, 0.05) is 58.8 Å². The van der Waals surface area contributed by atoms with Crippen molar-refractivity contribution in [3.05, 3.63) is 65.5 Å². The summed E-state index contributed by atoms with van der Waals surface area (Å²) in [6.45, 7) is 2.71. The molecule has 1 saturated heterocycles. The number of rotatable bonds is 5. The van der Waals surface area contributed by atoms with Crippen LogP contribution >= 0.6 is 0 Å². The van der Waals surface area contributed by atoms with Crippen LogP contribution in [0.4, 0.5) is 17.1 Å². The van der Waals surface area contributed by atoms with Crippen molar-refractivity contribution in [2.24, 2.45) is 0 Å². The minimum Gasteiger partial charge on any atom is -0.370 e. The molecule has 0 bridgehead atoms. The Kier molecular flexibility index (Phi) is 7.03. The molecule has 178 valence electrons. The molecule has 2 heterocycles. The number of para-hydroxylation sites is 2. The highest BCUT2D eigenvalue weighted by molar-refractivity contribution is 6.03. The first-order valence-corrected chi connectivity index (χ1v) is 11.7. The van der Waals surface area contributed by atoms with E-state index >= 15 is 0 Å². The molecule has 4 rings (SSSR count).